The maximum atomic E-state index is 12.0. The Hall–Kier alpha value is -0.850. The highest BCUT2D eigenvalue weighted by molar-refractivity contribution is 5.68. The quantitative estimate of drug-likeness (QED) is 0.761. The molecule has 0 saturated carbocycles. The van der Waals surface area contributed by atoms with E-state index in [4.69, 9.17) is 15.2 Å². The van der Waals surface area contributed by atoms with Crippen molar-refractivity contribution in [3.05, 3.63) is 0 Å². The first kappa shape index (κ1) is 16.5. The van der Waals surface area contributed by atoms with Gasteiger partial charge in [0.25, 0.3) is 0 Å². The van der Waals surface area contributed by atoms with Gasteiger partial charge < -0.3 is 25.2 Å². The lowest BCUT2D eigenvalue weighted by molar-refractivity contribution is -0.123. The Kier molecular flexibility index (Phi) is 4.52. The van der Waals surface area contributed by atoms with Crippen LogP contribution in [0.15, 0.2) is 0 Å². The molecule has 6 nitrogen and oxygen atoms in total. The van der Waals surface area contributed by atoms with Crippen molar-refractivity contribution in [1.82, 2.24) is 4.90 Å². The smallest absolute Gasteiger partial charge is 0.410 e. The maximum Gasteiger partial charge on any atom is 0.410 e. The van der Waals surface area contributed by atoms with Gasteiger partial charge in [0.1, 0.15) is 5.60 Å². The number of hydrogen-bond acceptors (Lipinski definition) is 5. The minimum absolute atomic E-state index is 0.324. The number of nitrogens with two attached hydrogens (primary N) is 1. The molecule has 0 aliphatic carbocycles. The molecule has 1 unspecified atom stereocenters. The molecule has 0 aromatic heterocycles. The largest absolute Gasteiger partial charge is 0.444 e. The Labute approximate surface area is 126 Å². The Bertz CT molecular complexity index is 378. The zero-order valence-electron chi connectivity index (χ0n) is 13.4. The standard InChI is InChI=1S/C15H28N2O4/c1-13(2,3)21-12(18)17-8-6-15(19,7-9-17)14(16)5-4-10-20-11-14/h19H,4-11,16H2,1-3H3. The van der Waals surface area contributed by atoms with Gasteiger partial charge >= 0.3 is 6.09 Å². The fraction of sp³-hybridized carbons (Fsp3) is 0.933. The van der Waals surface area contributed by atoms with E-state index in [9.17, 15) is 9.90 Å². The topological polar surface area (TPSA) is 85.0 Å². The summed E-state index contributed by atoms with van der Waals surface area (Å²) in [7, 11) is 0. The van der Waals surface area contributed by atoms with E-state index in [0.717, 1.165) is 12.8 Å². The summed E-state index contributed by atoms with van der Waals surface area (Å²) in [4.78, 5) is 13.7. The second kappa shape index (κ2) is 5.74. The second-order valence-corrected chi connectivity index (χ2v) is 7.31. The number of amides is 1. The Morgan fingerprint density at radius 2 is 1.90 bits per heavy atom. The molecule has 2 aliphatic heterocycles. The molecule has 1 atom stereocenters. The lowest BCUT2D eigenvalue weighted by atomic mass is 9.71. The van der Waals surface area contributed by atoms with Gasteiger partial charge in [-0.1, -0.05) is 0 Å². The van der Waals surface area contributed by atoms with E-state index in [1.165, 1.54) is 0 Å². The average molecular weight is 300 g/mol. The van der Waals surface area contributed by atoms with E-state index in [2.05, 4.69) is 0 Å². The number of carbonyl (C=O) groups is 1. The molecule has 0 aromatic rings. The van der Waals surface area contributed by atoms with Gasteiger partial charge in [-0.2, -0.15) is 0 Å². The SMILES string of the molecule is CC(C)(C)OC(=O)N1CCC(O)(C2(N)CCCOC2)CC1. The molecule has 3 N–H and O–H groups in total. The number of likely N-dealkylation sites (tertiary alicyclic amines) is 1. The molecule has 2 fully saturated rings. The van der Waals surface area contributed by atoms with Crippen molar-refractivity contribution in [3.63, 3.8) is 0 Å². The molecular weight excluding hydrogens is 272 g/mol. The number of piperidine rings is 1. The van der Waals surface area contributed by atoms with Crippen LogP contribution in [-0.2, 0) is 9.47 Å². The third kappa shape index (κ3) is 3.67. The van der Waals surface area contributed by atoms with Gasteiger partial charge in [0, 0.05) is 19.7 Å². The summed E-state index contributed by atoms with van der Waals surface area (Å²) in [6.07, 6.45) is 2.23. The number of nitrogens with zero attached hydrogens (tertiary/aromatic N) is 1. The molecule has 21 heavy (non-hydrogen) atoms. The predicted octanol–water partition coefficient (Wildman–Crippen LogP) is 1.26. The third-order valence-corrected chi connectivity index (χ3v) is 4.44. The fourth-order valence-electron chi connectivity index (χ4n) is 3.07. The first-order valence-electron chi connectivity index (χ1n) is 7.72. The summed E-state index contributed by atoms with van der Waals surface area (Å²) in [5.74, 6) is 0. The molecule has 6 heteroatoms. The van der Waals surface area contributed by atoms with E-state index in [0.29, 0.717) is 39.1 Å². The van der Waals surface area contributed by atoms with Crippen LogP contribution >= 0.6 is 0 Å². The van der Waals surface area contributed by atoms with Crippen LogP contribution < -0.4 is 5.73 Å². The van der Waals surface area contributed by atoms with Gasteiger partial charge in [-0.15, -0.1) is 0 Å². The predicted molar refractivity (Wildman–Crippen MR) is 79.0 cm³/mol. The van der Waals surface area contributed by atoms with Crippen LogP contribution in [0.4, 0.5) is 4.79 Å². The molecule has 0 radical (unpaired) electrons. The van der Waals surface area contributed by atoms with Crippen molar-refractivity contribution >= 4 is 6.09 Å². The highest BCUT2D eigenvalue weighted by Gasteiger charge is 2.50. The van der Waals surface area contributed by atoms with Crippen molar-refractivity contribution in [3.8, 4) is 0 Å². The van der Waals surface area contributed by atoms with Crippen LogP contribution in [0.2, 0.25) is 0 Å². The molecule has 2 saturated heterocycles. The van der Waals surface area contributed by atoms with E-state index in [-0.39, 0.29) is 6.09 Å². The Morgan fingerprint density at radius 3 is 2.38 bits per heavy atom. The van der Waals surface area contributed by atoms with Crippen molar-refractivity contribution in [2.24, 2.45) is 5.73 Å². The molecule has 2 rings (SSSR count). The fourth-order valence-corrected chi connectivity index (χ4v) is 3.07. The molecule has 1 amide bonds. The van der Waals surface area contributed by atoms with Gasteiger partial charge in [0.15, 0.2) is 0 Å². The first-order chi connectivity index (χ1) is 9.65. The summed E-state index contributed by atoms with van der Waals surface area (Å²) >= 11 is 0. The minimum atomic E-state index is -0.966. The Morgan fingerprint density at radius 1 is 1.29 bits per heavy atom. The number of hydrogen-bond donors (Lipinski definition) is 2. The molecule has 122 valence electrons. The molecule has 2 heterocycles. The van der Waals surface area contributed by atoms with Gasteiger partial charge in [0.05, 0.1) is 17.7 Å². The maximum absolute atomic E-state index is 12.0. The van der Waals surface area contributed by atoms with E-state index < -0.39 is 16.7 Å². The summed E-state index contributed by atoms with van der Waals surface area (Å²) < 4.78 is 10.8. The number of rotatable bonds is 1. The van der Waals surface area contributed by atoms with E-state index in [1.54, 1.807) is 4.90 Å². The molecular formula is C15H28N2O4. The van der Waals surface area contributed by atoms with Gasteiger partial charge in [-0.25, -0.2) is 4.79 Å². The molecule has 0 bridgehead atoms. The second-order valence-electron chi connectivity index (χ2n) is 7.31. The van der Waals surface area contributed by atoms with Crippen molar-refractivity contribution in [2.45, 2.75) is 63.2 Å². The number of ether oxygens (including phenoxy) is 2. The highest BCUT2D eigenvalue weighted by atomic mass is 16.6. The van der Waals surface area contributed by atoms with Crippen molar-refractivity contribution in [1.29, 1.82) is 0 Å². The van der Waals surface area contributed by atoms with E-state index >= 15 is 0 Å². The van der Waals surface area contributed by atoms with Crippen molar-refractivity contribution in [2.75, 3.05) is 26.3 Å². The number of carbonyl (C=O) groups excluding carboxylic acids is 1. The molecule has 0 spiro atoms. The monoisotopic (exact) mass is 300 g/mol. The zero-order chi connectivity index (χ0) is 15.7. The van der Waals surface area contributed by atoms with Gasteiger partial charge in [-0.05, 0) is 46.5 Å². The van der Waals surface area contributed by atoms with Gasteiger partial charge in [-0.3, -0.25) is 0 Å². The molecule has 2 aliphatic rings. The van der Waals surface area contributed by atoms with Crippen LogP contribution in [0.1, 0.15) is 46.5 Å². The van der Waals surface area contributed by atoms with Crippen LogP contribution in [0, 0.1) is 0 Å². The van der Waals surface area contributed by atoms with Crippen LogP contribution in [0.25, 0.3) is 0 Å². The van der Waals surface area contributed by atoms with Crippen LogP contribution in [0.3, 0.4) is 0 Å². The van der Waals surface area contributed by atoms with Crippen LogP contribution in [-0.4, -0.2) is 59.1 Å². The highest BCUT2D eigenvalue weighted by Crippen LogP contribution is 2.36. The normalized spacial score (nSPS) is 30.0. The summed E-state index contributed by atoms with van der Waals surface area (Å²) in [5, 5.41) is 10.9. The van der Waals surface area contributed by atoms with Crippen LogP contribution in [0.5, 0.6) is 0 Å². The Balaban J connectivity index is 1.94. The zero-order valence-corrected chi connectivity index (χ0v) is 13.4. The number of aliphatic hydroxyl groups is 1. The van der Waals surface area contributed by atoms with Crippen molar-refractivity contribution < 1.29 is 19.4 Å². The van der Waals surface area contributed by atoms with E-state index in [1.807, 2.05) is 20.8 Å². The third-order valence-electron chi connectivity index (χ3n) is 4.44. The molecule has 0 aromatic carbocycles. The summed E-state index contributed by atoms with van der Waals surface area (Å²) in [6, 6.07) is 0. The minimum Gasteiger partial charge on any atom is -0.444 e. The first-order valence-corrected chi connectivity index (χ1v) is 7.72. The lowest BCUT2D eigenvalue weighted by Gasteiger charge is -2.50. The summed E-state index contributed by atoms with van der Waals surface area (Å²) in [5.41, 5.74) is 4.21. The van der Waals surface area contributed by atoms with Gasteiger partial charge in [0.2, 0.25) is 0 Å². The lowest BCUT2D eigenvalue weighted by Crippen LogP contribution is -2.68. The average Bonchev–Trinajstić information content (AvgIpc) is 2.38. The summed E-state index contributed by atoms with van der Waals surface area (Å²) in [6.45, 7) is 7.56.